The standard InChI is InChI=1S/C33H37N7O7/c1-4-45-30(42)23-14-18(10-12-39-13-11-35-32(39)40-17-36-26-28(40)37-31(34)38-29(26)41)25-22(46-23)16-21-20(27(25)44-3)15-24(47-21)33(2,43)19-8-6-5-7-9-19/h10-11,13-14,16,19,24,43H,4-9,12,15,17H2,1-3H3,(H2,34,38,41)/t24-,33+/m0/s1. The van der Waals surface area contributed by atoms with E-state index in [1.54, 1.807) is 38.6 Å². The quantitative estimate of drug-likeness (QED) is 0.362. The minimum atomic E-state index is -1.03. The molecule has 5 heterocycles. The van der Waals surface area contributed by atoms with E-state index in [1.807, 2.05) is 17.6 Å². The van der Waals surface area contributed by atoms with Gasteiger partial charge in [-0.1, -0.05) is 25.3 Å². The average Bonchev–Trinajstić information content (AvgIpc) is 3.81. The number of imidazole rings is 1. The van der Waals surface area contributed by atoms with Gasteiger partial charge in [0.1, 0.15) is 29.0 Å². The summed E-state index contributed by atoms with van der Waals surface area (Å²) < 4.78 is 25.7. The van der Waals surface area contributed by atoms with Crippen molar-refractivity contribution in [3.05, 3.63) is 47.5 Å². The van der Waals surface area contributed by atoms with Gasteiger partial charge in [0.15, 0.2) is 12.4 Å². The van der Waals surface area contributed by atoms with E-state index in [9.17, 15) is 15.0 Å². The number of nitrogens with zero attached hydrogens (tertiary/aromatic N) is 5. The molecule has 1 fully saturated rings. The fraction of sp³-hybridized carbons (Fsp3) is 0.455. The molecule has 1 aromatic heterocycles. The number of allylic oxidation sites excluding steroid dienone is 3. The highest BCUT2D eigenvalue weighted by Gasteiger charge is 2.46. The number of carbonyl (C=O) groups is 1. The SMILES string of the molecule is CCOC(=O)C1=CC(=CCn2ccnc2[NH+]2CN=C3C([O-])=NC(=N)N=C32)c2c(cc3c(c2OC)C[C@@H]([C@](C)(O)C2CCCCC2)O3)O1. The molecule has 7 rings (SSSR count). The molecule has 4 aliphatic heterocycles. The summed E-state index contributed by atoms with van der Waals surface area (Å²) in [6, 6.07) is 1.76. The van der Waals surface area contributed by atoms with Crippen LogP contribution in [0, 0.1) is 11.3 Å². The van der Waals surface area contributed by atoms with Gasteiger partial charge in [0.2, 0.25) is 11.7 Å². The second-order valence-electron chi connectivity index (χ2n) is 12.4. The minimum absolute atomic E-state index is 0.0164. The molecule has 1 saturated carbocycles. The van der Waals surface area contributed by atoms with E-state index in [0.717, 1.165) is 31.2 Å². The van der Waals surface area contributed by atoms with Gasteiger partial charge in [-0.25, -0.2) is 19.7 Å². The molecule has 0 amide bonds. The van der Waals surface area contributed by atoms with Gasteiger partial charge in [-0.15, -0.1) is 0 Å². The largest absolute Gasteiger partial charge is 0.857 e. The Morgan fingerprint density at radius 2 is 2.09 bits per heavy atom. The number of ether oxygens (including phenoxy) is 4. The van der Waals surface area contributed by atoms with Crippen LogP contribution in [0.4, 0.5) is 5.95 Å². The van der Waals surface area contributed by atoms with Crippen LogP contribution in [-0.4, -0.2) is 76.1 Å². The van der Waals surface area contributed by atoms with E-state index >= 15 is 0 Å². The maximum absolute atomic E-state index is 12.9. The highest BCUT2D eigenvalue weighted by Crippen LogP contribution is 2.51. The molecule has 2 aromatic rings. The summed E-state index contributed by atoms with van der Waals surface area (Å²) in [7, 11) is 1.59. The Balaban J connectivity index is 1.23. The Kier molecular flexibility index (Phi) is 7.92. The number of benzene rings is 1. The third-order valence-corrected chi connectivity index (χ3v) is 9.55. The third-order valence-electron chi connectivity index (χ3n) is 9.55. The summed E-state index contributed by atoms with van der Waals surface area (Å²) in [5.41, 5.74) is 1.25. The number of guanidine groups is 1. The van der Waals surface area contributed by atoms with Gasteiger partial charge in [-0.3, -0.25) is 9.98 Å². The first-order chi connectivity index (χ1) is 22.7. The lowest BCUT2D eigenvalue weighted by molar-refractivity contribution is -0.730. The van der Waals surface area contributed by atoms with Crippen molar-refractivity contribution in [2.45, 2.75) is 70.6 Å². The number of carbonyl (C=O) groups excluding carboxylic acids is 1. The number of quaternary nitrogens is 1. The first-order valence-electron chi connectivity index (χ1n) is 16.0. The number of hydrogen-bond donors (Lipinski definition) is 3. The molecular weight excluding hydrogens is 606 g/mol. The number of fused-ring (bicyclic) bond motifs is 3. The van der Waals surface area contributed by atoms with Crippen LogP contribution in [0.3, 0.4) is 0 Å². The number of aliphatic imine (C=N–C) groups is 3. The van der Waals surface area contributed by atoms with Crippen molar-refractivity contribution in [2.75, 3.05) is 20.4 Å². The number of rotatable bonds is 8. The Morgan fingerprint density at radius 3 is 2.85 bits per heavy atom. The minimum Gasteiger partial charge on any atom is -0.857 e. The highest BCUT2D eigenvalue weighted by atomic mass is 16.6. The van der Waals surface area contributed by atoms with Gasteiger partial charge in [-0.2, -0.15) is 9.98 Å². The lowest BCUT2D eigenvalue weighted by Gasteiger charge is -2.39. The van der Waals surface area contributed by atoms with Gasteiger partial charge < -0.3 is 29.2 Å². The number of aliphatic hydroxyl groups is 1. The van der Waals surface area contributed by atoms with Gasteiger partial charge in [0.05, 0.1) is 25.5 Å². The first-order valence-corrected chi connectivity index (χ1v) is 16.0. The molecule has 246 valence electrons. The van der Waals surface area contributed by atoms with E-state index in [4.69, 9.17) is 24.4 Å². The molecule has 0 radical (unpaired) electrons. The molecule has 0 saturated heterocycles. The predicted octanol–water partition coefficient (Wildman–Crippen LogP) is 1.48. The van der Waals surface area contributed by atoms with Crippen LogP contribution >= 0.6 is 0 Å². The lowest BCUT2D eigenvalue weighted by Crippen LogP contribution is -3.10. The predicted molar refractivity (Wildman–Crippen MR) is 169 cm³/mol. The van der Waals surface area contributed by atoms with Crippen molar-refractivity contribution >= 4 is 40.9 Å². The van der Waals surface area contributed by atoms with Crippen LogP contribution in [0.5, 0.6) is 17.2 Å². The normalized spacial score (nSPS) is 24.1. The van der Waals surface area contributed by atoms with Crippen LogP contribution in [0.2, 0.25) is 0 Å². The Bertz CT molecular complexity index is 1800. The molecule has 47 heavy (non-hydrogen) atoms. The Hall–Kier alpha value is -4.82. The number of nitrogens with one attached hydrogen (secondary N) is 2. The van der Waals surface area contributed by atoms with Crippen molar-refractivity contribution in [1.29, 1.82) is 5.41 Å². The van der Waals surface area contributed by atoms with Crippen LogP contribution < -0.4 is 24.2 Å². The smallest absolute Gasteiger partial charge is 0.374 e. The van der Waals surface area contributed by atoms with Crippen LogP contribution in [-0.2, 0) is 22.5 Å². The van der Waals surface area contributed by atoms with E-state index in [-0.39, 0.29) is 36.6 Å². The Morgan fingerprint density at radius 1 is 1.28 bits per heavy atom. The molecule has 3 N–H and O–H groups in total. The molecule has 14 nitrogen and oxygen atoms in total. The average molecular weight is 644 g/mol. The summed E-state index contributed by atoms with van der Waals surface area (Å²) in [5, 5.41) is 31.9. The van der Waals surface area contributed by atoms with Gasteiger partial charge >= 0.3 is 11.9 Å². The first kappa shape index (κ1) is 30.8. The topological polar surface area (TPSA) is 180 Å². The summed E-state index contributed by atoms with van der Waals surface area (Å²) in [6.45, 7) is 4.28. The summed E-state index contributed by atoms with van der Waals surface area (Å²) in [5.74, 6) is 0.933. The maximum atomic E-state index is 12.9. The van der Waals surface area contributed by atoms with Crippen molar-refractivity contribution < 1.29 is 38.9 Å². The van der Waals surface area contributed by atoms with Crippen molar-refractivity contribution in [2.24, 2.45) is 20.9 Å². The summed E-state index contributed by atoms with van der Waals surface area (Å²) >= 11 is 0. The Labute approximate surface area is 271 Å². The zero-order valence-electron chi connectivity index (χ0n) is 26.5. The maximum Gasteiger partial charge on any atom is 0.374 e. The number of amidine groups is 1. The zero-order valence-corrected chi connectivity index (χ0v) is 26.5. The molecular formula is C33H37N7O7. The van der Waals surface area contributed by atoms with Crippen LogP contribution in [0.15, 0.2) is 51.3 Å². The molecule has 1 unspecified atom stereocenters. The molecule has 5 aliphatic rings. The lowest BCUT2D eigenvalue weighted by atomic mass is 9.74. The zero-order chi connectivity index (χ0) is 32.9. The van der Waals surface area contributed by atoms with Crippen molar-refractivity contribution in [3.63, 3.8) is 0 Å². The monoisotopic (exact) mass is 643 g/mol. The van der Waals surface area contributed by atoms with Crippen molar-refractivity contribution in [3.8, 4) is 17.2 Å². The van der Waals surface area contributed by atoms with Crippen molar-refractivity contribution in [1.82, 2.24) is 9.55 Å². The highest BCUT2D eigenvalue weighted by molar-refractivity contribution is 6.66. The molecule has 1 aromatic carbocycles. The van der Waals surface area contributed by atoms with Gasteiger partial charge in [0, 0.05) is 36.7 Å². The molecule has 0 spiro atoms. The molecule has 1 aliphatic carbocycles. The fourth-order valence-electron chi connectivity index (χ4n) is 7.13. The second kappa shape index (κ2) is 12.1. The second-order valence-corrected chi connectivity index (χ2v) is 12.4. The molecule has 14 heteroatoms. The summed E-state index contributed by atoms with van der Waals surface area (Å²) in [4.78, 5) is 30.1. The van der Waals surface area contributed by atoms with E-state index in [0.29, 0.717) is 58.0 Å². The fourth-order valence-corrected chi connectivity index (χ4v) is 7.13. The van der Waals surface area contributed by atoms with Gasteiger partial charge in [0.25, 0.3) is 5.84 Å². The summed E-state index contributed by atoms with van der Waals surface area (Å²) in [6.07, 6.45) is 12.3. The number of esters is 1. The number of hydrogen-bond acceptors (Lipinski definition) is 10. The molecule has 3 atom stereocenters. The van der Waals surface area contributed by atoms with E-state index < -0.39 is 23.6 Å². The number of aromatic nitrogens is 2. The third kappa shape index (κ3) is 5.40. The van der Waals surface area contributed by atoms with E-state index in [1.165, 1.54) is 6.42 Å². The van der Waals surface area contributed by atoms with Crippen LogP contribution in [0.1, 0.15) is 57.1 Å². The molecule has 0 bridgehead atoms. The number of methoxy groups -OCH3 is 1. The van der Waals surface area contributed by atoms with Gasteiger partial charge in [-0.05, 0) is 44.3 Å². The van der Waals surface area contributed by atoms with E-state index in [2.05, 4.69) is 20.0 Å². The van der Waals surface area contributed by atoms with Crippen LogP contribution in [0.25, 0.3) is 5.57 Å².